The lowest BCUT2D eigenvalue weighted by Gasteiger charge is -2.21. The highest BCUT2D eigenvalue weighted by molar-refractivity contribution is 7.47. The molecule has 17 nitrogen and oxygen atoms in total. The maximum atomic E-state index is 13.0. The first-order valence-corrected chi connectivity index (χ1v) is 39.7. The minimum absolute atomic E-state index is 0.0838. The van der Waals surface area contributed by atoms with E-state index in [9.17, 15) is 43.2 Å². The molecule has 0 aromatic rings. The van der Waals surface area contributed by atoms with E-state index in [1.54, 1.807) is 0 Å². The van der Waals surface area contributed by atoms with E-state index in [-0.39, 0.29) is 25.7 Å². The number of allylic oxidation sites excluding steroid dienone is 4. The quantitative estimate of drug-likeness (QED) is 0.0169. The zero-order chi connectivity index (χ0) is 67.3. The summed E-state index contributed by atoms with van der Waals surface area (Å²) < 4.78 is 68.3. The molecule has 19 heteroatoms. The van der Waals surface area contributed by atoms with Crippen molar-refractivity contribution in [3.8, 4) is 0 Å². The van der Waals surface area contributed by atoms with Gasteiger partial charge in [0, 0.05) is 25.7 Å². The van der Waals surface area contributed by atoms with Gasteiger partial charge in [0.1, 0.15) is 19.3 Å². The molecule has 0 aromatic carbocycles. The van der Waals surface area contributed by atoms with Crippen LogP contribution in [0.25, 0.3) is 0 Å². The van der Waals surface area contributed by atoms with Crippen LogP contribution in [-0.2, 0) is 65.4 Å². The topological polar surface area (TPSA) is 237 Å². The molecule has 5 atom stereocenters. The smallest absolute Gasteiger partial charge is 0.462 e. The molecule has 3 N–H and O–H groups in total. The van der Waals surface area contributed by atoms with Crippen LogP contribution in [0, 0.1) is 17.8 Å². The SMILES string of the molecule is CCCCCC/C=C\C=C/CCCCCCCC(=O)O[C@H](COC(=O)CCCCCCCCCC(C)C)COP(=O)(O)OCC(O)COP(=O)(O)OC[C@@H](COC(=O)CCCCCCCCCCC(C)C)OC(=O)CCCCCCCCCCCCCCC(C)C. The second-order valence-corrected chi connectivity index (χ2v) is 29.6. The van der Waals surface area contributed by atoms with E-state index in [0.29, 0.717) is 31.6 Å². The minimum atomic E-state index is -4.96. The molecule has 0 aliphatic rings. The highest BCUT2D eigenvalue weighted by Gasteiger charge is 2.30. The molecule has 0 radical (unpaired) electrons. The monoisotopic (exact) mass is 1330 g/mol. The molecule has 0 aliphatic heterocycles. The van der Waals surface area contributed by atoms with Crippen LogP contribution in [0.2, 0.25) is 0 Å². The van der Waals surface area contributed by atoms with Crippen molar-refractivity contribution < 1.29 is 80.2 Å². The third-order valence-electron chi connectivity index (χ3n) is 16.0. The molecule has 0 heterocycles. The number of aliphatic hydroxyl groups is 1. The van der Waals surface area contributed by atoms with Crippen molar-refractivity contribution >= 4 is 39.5 Å². The van der Waals surface area contributed by atoms with Crippen LogP contribution in [-0.4, -0.2) is 96.7 Å². The first kappa shape index (κ1) is 88.5. The number of ether oxygens (including phenoxy) is 4. The third-order valence-corrected chi connectivity index (χ3v) is 17.9. The molecule has 0 amide bonds. The van der Waals surface area contributed by atoms with Crippen molar-refractivity contribution in [3.05, 3.63) is 24.3 Å². The number of carbonyl (C=O) groups excluding carboxylic acids is 4. The number of phosphoric acid groups is 2. The van der Waals surface area contributed by atoms with Crippen molar-refractivity contribution in [3.63, 3.8) is 0 Å². The summed E-state index contributed by atoms with van der Waals surface area (Å²) in [5.41, 5.74) is 0. The molecule has 0 spiro atoms. The van der Waals surface area contributed by atoms with Gasteiger partial charge in [-0.25, -0.2) is 9.13 Å². The number of esters is 4. The summed E-state index contributed by atoms with van der Waals surface area (Å²) in [6, 6.07) is 0. The first-order chi connectivity index (χ1) is 43.7. The van der Waals surface area contributed by atoms with E-state index in [0.717, 1.165) is 121 Å². The van der Waals surface area contributed by atoms with Gasteiger partial charge in [-0.15, -0.1) is 0 Å². The van der Waals surface area contributed by atoms with Crippen LogP contribution in [0.4, 0.5) is 0 Å². The van der Waals surface area contributed by atoms with E-state index in [1.165, 1.54) is 128 Å². The average molecular weight is 1340 g/mol. The van der Waals surface area contributed by atoms with Crippen LogP contribution < -0.4 is 0 Å². The highest BCUT2D eigenvalue weighted by Crippen LogP contribution is 2.45. The number of hydrogen-bond donors (Lipinski definition) is 3. The largest absolute Gasteiger partial charge is 0.472 e. The number of phosphoric ester groups is 2. The molecule has 536 valence electrons. The Morgan fingerprint density at radius 2 is 0.593 bits per heavy atom. The second-order valence-electron chi connectivity index (χ2n) is 26.7. The molecule has 0 saturated heterocycles. The number of rotatable bonds is 68. The third kappa shape index (κ3) is 66.0. The van der Waals surface area contributed by atoms with Crippen molar-refractivity contribution in [2.75, 3.05) is 39.6 Å². The molecule has 0 bridgehead atoms. The second kappa shape index (κ2) is 62.4. The number of aliphatic hydroxyl groups excluding tert-OH is 1. The minimum Gasteiger partial charge on any atom is -0.462 e. The summed E-state index contributed by atoms with van der Waals surface area (Å²) in [6.07, 6.45) is 49.5. The van der Waals surface area contributed by atoms with Gasteiger partial charge in [-0.1, -0.05) is 285 Å². The van der Waals surface area contributed by atoms with Gasteiger partial charge in [0.2, 0.25) is 0 Å². The Hall–Kier alpha value is -2.46. The lowest BCUT2D eigenvalue weighted by molar-refractivity contribution is -0.161. The van der Waals surface area contributed by atoms with Gasteiger partial charge in [0.05, 0.1) is 26.4 Å². The maximum absolute atomic E-state index is 13.0. The van der Waals surface area contributed by atoms with Gasteiger partial charge in [-0.2, -0.15) is 0 Å². The summed E-state index contributed by atoms with van der Waals surface area (Å²) in [6.45, 7) is 11.7. The van der Waals surface area contributed by atoms with Crippen molar-refractivity contribution in [2.45, 2.75) is 356 Å². The van der Waals surface area contributed by atoms with E-state index < -0.39 is 97.5 Å². The lowest BCUT2D eigenvalue weighted by Crippen LogP contribution is -2.30. The molecule has 3 unspecified atom stereocenters. The molecule has 0 fully saturated rings. The van der Waals surface area contributed by atoms with Gasteiger partial charge in [0.25, 0.3) is 0 Å². The molecule has 0 aliphatic carbocycles. The van der Waals surface area contributed by atoms with Gasteiger partial charge >= 0.3 is 39.5 Å². The van der Waals surface area contributed by atoms with Crippen LogP contribution in [0.1, 0.15) is 337 Å². The summed E-state index contributed by atoms with van der Waals surface area (Å²) in [4.78, 5) is 72.6. The first-order valence-electron chi connectivity index (χ1n) is 36.7. The maximum Gasteiger partial charge on any atom is 0.472 e. The summed E-state index contributed by atoms with van der Waals surface area (Å²) in [5, 5.41) is 10.6. The van der Waals surface area contributed by atoms with Crippen molar-refractivity contribution in [1.29, 1.82) is 0 Å². The standard InChI is InChI=1S/C72H136O17P2/c1-8-9-10-11-12-13-14-15-16-17-21-24-33-41-48-55-71(76)89-68(60-83-70(75)54-47-40-35-28-31-38-45-52-65(6)7)62-87-91(80,81)85-58-66(73)57-84-90(78,79)86-61-67(59-82-69(74)53-46-39-32-27-26-30-37-44-51-64(4)5)88-72(77)56-49-42-34-25-22-19-18-20-23-29-36-43-50-63(2)3/h13-16,63-68,73H,8-12,17-62H2,1-7H3,(H,78,79)(H,80,81)/b14-13-,16-15-/t66?,67-,68-/m1/s1. The molecule has 91 heavy (non-hydrogen) atoms. The van der Waals surface area contributed by atoms with E-state index in [1.807, 2.05) is 0 Å². The summed E-state index contributed by atoms with van der Waals surface area (Å²) in [7, 11) is -9.92. The fourth-order valence-electron chi connectivity index (χ4n) is 10.4. The summed E-state index contributed by atoms with van der Waals surface area (Å²) >= 11 is 0. The van der Waals surface area contributed by atoms with Crippen LogP contribution >= 0.6 is 15.6 Å². The van der Waals surface area contributed by atoms with Crippen molar-refractivity contribution in [1.82, 2.24) is 0 Å². The molecular formula is C72H136O17P2. The normalized spacial score (nSPS) is 14.3. The predicted molar refractivity (Wildman–Crippen MR) is 367 cm³/mol. The van der Waals surface area contributed by atoms with E-state index in [4.69, 9.17) is 37.0 Å². The molecule has 0 rings (SSSR count). The Morgan fingerprint density at radius 1 is 0.341 bits per heavy atom. The molecular weight excluding hydrogens is 1200 g/mol. The van der Waals surface area contributed by atoms with Crippen LogP contribution in [0.3, 0.4) is 0 Å². The predicted octanol–water partition coefficient (Wildman–Crippen LogP) is 20.2. The van der Waals surface area contributed by atoms with Gasteiger partial charge < -0.3 is 33.8 Å². The molecule has 0 aromatic heterocycles. The number of hydrogen-bond acceptors (Lipinski definition) is 15. The Balaban J connectivity index is 5.29. The fraction of sp³-hybridized carbons (Fsp3) is 0.889. The lowest BCUT2D eigenvalue weighted by atomic mass is 10.0. The van der Waals surface area contributed by atoms with E-state index in [2.05, 4.69) is 72.8 Å². The zero-order valence-corrected chi connectivity index (χ0v) is 60.6. The fourth-order valence-corrected chi connectivity index (χ4v) is 11.9. The number of carbonyl (C=O) groups is 4. The van der Waals surface area contributed by atoms with Gasteiger partial charge in [-0.3, -0.25) is 37.3 Å². The van der Waals surface area contributed by atoms with Gasteiger partial charge in [0.15, 0.2) is 12.2 Å². The Bertz CT molecular complexity index is 1880. The van der Waals surface area contributed by atoms with Crippen LogP contribution in [0.15, 0.2) is 24.3 Å². The Labute approximate surface area is 554 Å². The molecule has 0 saturated carbocycles. The van der Waals surface area contributed by atoms with Crippen LogP contribution in [0.5, 0.6) is 0 Å². The Morgan fingerprint density at radius 3 is 0.890 bits per heavy atom. The van der Waals surface area contributed by atoms with Crippen molar-refractivity contribution in [2.24, 2.45) is 17.8 Å². The van der Waals surface area contributed by atoms with E-state index >= 15 is 0 Å². The van der Waals surface area contributed by atoms with Gasteiger partial charge in [-0.05, 0) is 69.1 Å². The number of unbranched alkanes of at least 4 members (excludes halogenated alkanes) is 33. The average Bonchev–Trinajstić information content (AvgIpc) is 3.38. The zero-order valence-electron chi connectivity index (χ0n) is 58.8. The highest BCUT2D eigenvalue weighted by atomic mass is 31.2. The Kier molecular flexibility index (Phi) is 60.7. The summed E-state index contributed by atoms with van der Waals surface area (Å²) in [5.74, 6) is 0.0459.